The van der Waals surface area contributed by atoms with Crippen LogP contribution in [0.15, 0.2) is 47.4 Å². The van der Waals surface area contributed by atoms with Crippen LogP contribution in [0.25, 0.3) is 0 Å². The Morgan fingerprint density at radius 1 is 1.23 bits per heavy atom. The Morgan fingerprint density at radius 2 is 1.95 bits per heavy atom. The molecule has 0 aliphatic heterocycles. The lowest BCUT2D eigenvalue weighted by atomic mass is 10.2. The lowest BCUT2D eigenvalue weighted by Gasteiger charge is -2.07. The standard InChI is InChI=1S/C14H10Cl2N2O3S/c15-9-5-6-11(12(7-9)18(20)21)17-14(19)8-22-13-4-2-1-3-10(13)16/h1-7H,8H2,(H,17,19). The van der Waals surface area contributed by atoms with Crippen molar-refractivity contribution in [3.05, 3.63) is 62.6 Å². The van der Waals surface area contributed by atoms with Crippen molar-refractivity contribution in [3.8, 4) is 0 Å². The Labute approximate surface area is 140 Å². The lowest BCUT2D eigenvalue weighted by Crippen LogP contribution is -2.15. The summed E-state index contributed by atoms with van der Waals surface area (Å²) < 4.78 is 0. The second kappa shape index (κ2) is 7.49. The first-order valence-electron chi connectivity index (χ1n) is 6.08. The molecular weight excluding hydrogens is 347 g/mol. The van der Waals surface area contributed by atoms with Crippen LogP contribution in [0.3, 0.4) is 0 Å². The highest BCUT2D eigenvalue weighted by molar-refractivity contribution is 8.00. The van der Waals surface area contributed by atoms with Gasteiger partial charge in [0.15, 0.2) is 0 Å². The largest absolute Gasteiger partial charge is 0.320 e. The fraction of sp³-hybridized carbons (Fsp3) is 0.0714. The third-order valence-electron chi connectivity index (χ3n) is 2.63. The van der Waals surface area contributed by atoms with Gasteiger partial charge in [-0.25, -0.2) is 0 Å². The smallest absolute Gasteiger partial charge is 0.294 e. The topological polar surface area (TPSA) is 72.2 Å². The molecule has 0 aliphatic rings. The molecule has 0 fully saturated rings. The van der Waals surface area contributed by atoms with Crippen LogP contribution in [0, 0.1) is 10.1 Å². The molecule has 2 aromatic carbocycles. The molecule has 114 valence electrons. The molecule has 2 aromatic rings. The Hall–Kier alpha value is -1.76. The van der Waals surface area contributed by atoms with E-state index in [1.165, 1.54) is 30.0 Å². The molecule has 8 heteroatoms. The highest BCUT2D eigenvalue weighted by atomic mass is 35.5. The van der Waals surface area contributed by atoms with E-state index in [-0.39, 0.29) is 28.1 Å². The molecule has 0 aromatic heterocycles. The first-order valence-corrected chi connectivity index (χ1v) is 7.82. The quantitative estimate of drug-likeness (QED) is 0.481. The molecule has 0 atom stereocenters. The lowest BCUT2D eigenvalue weighted by molar-refractivity contribution is -0.383. The maximum absolute atomic E-state index is 11.9. The Kier molecular flexibility index (Phi) is 5.65. The Balaban J connectivity index is 2.04. The zero-order valence-electron chi connectivity index (χ0n) is 11.1. The summed E-state index contributed by atoms with van der Waals surface area (Å²) >= 11 is 13.0. The number of nitrogens with zero attached hydrogens (tertiary/aromatic N) is 1. The van der Waals surface area contributed by atoms with Crippen molar-refractivity contribution in [2.24, 2.45) is 0 Å². The van der Waals surface area contributed by atoms with Gasteiger partial charge >= 0.3 is 0 Å². The van der Waals surface area contributed by atoms with Gasteiger partial charge in [0, 0.05) is 16.0 Å². The summed E-state index contributed by atoms with van der Waals surface area (Å²) in [5.74, 6) is -0.279. The van der Waals surface area contributed by atoms with E-state index >= 15 is 0 Å². The van der Waals surface area contributed by atoms with E-state index in [0.29, 0.717) is 5.02 Å². The summed E-state index contributed by atoms with van der Waals surface area (Å²) in [4.78, 5) is 23.1. The maximum Gasteiger partial charge on any atom is 0.294 e. The second-order valence-corrected chi connectivity index (χ2v) is 6.05. The summed E-state index contributed by atoms with van der Waals surface area (Å²) in [6, 6.07) is 11.2. The summed E-state index contributed by atoms with van der Waals surface area (Å²) in [6.07, 6.45) is 0. The minimum Gasteiger partial charge on any atom is -0.320 e. The summed E-state index contributed by atoms with van der Waals surface area (Å²) in [7, 11) is 0. The molecule has 5 nitrogen and oxygen atoms in total. The Bertz CT molecular complexity index is 725. The Morgan fingerprint density at radius 3 is 2.64 bits per heavy atom. The van der Waals surface area contributed by atoms with Gasteiger partial charge in [0.2, 0.25) is 5.91 Å². The summed E-state index contributed by atoms with van der Waals surface area (Å²) in [5.41, 5.74) is -0.136. The van der Waals surface area contributed by atoms with Gasteiger partial charge in [-0.05, 0) is 24.3 Å². The molecule has 1 amide bonds. The minimum absolute atomic E-state index is 0.0868. The van der Waals surface area contributed by atoms with Crippen molar-refractivity contribution < 1.29 is 9.72 Å². The molecule has 0 saturated heterocycles. The van der Waals surface area contributed by atoms with E-state index in [1.54, 1.807) is 18.2 Å². The van der Waals surface area contributed by atoms with Gasteiger partial charge in [-0.1, -0.05) is 35.3 Å². The molecule has 0 heterocycles. The number of carbonyl (C=O) groups excluding carboxylic acids is 1. The van der Waals surface area contributed by atoms with Gasteiger partial charge in [0.25, 0.3) is 5.69 Å². The van der Waals surface area contributed by atoms with Gasteiger partial charge in [-0.3, -0.25) is 14.9 Å². The number of amides is 1. The number of anilines is 1. The molecule has 0 aliphatic carbocycles. The summed E-state index contributed by atoms with van der Waals surface area (Å²) in [6.45, 7) is 0. The highest BCUT2D eigenvalue weighted by Gasteiger charge is 2.16. The van der Waals surface area contributed by atoms with Crippen molar-refractivity contribution in [2.75, 3.05) is 11.1 Å². The number of nitrogens with one attached hydrogen (secondary N) is 1. The van der Waals surface area contributed by atoms with Crippen molar-refractivity contribution in [3.63, 3.8) is 0 Å². The molecule has 0 bridgehead atoms. The predicted molar refractivity (Wildman–Crippen MR) is 88.9 cm³/mol. The number of carbonyl (C=O) groups is 1. The van der Waals surface area contributed by atoms with Gasteiger partial charge in [-0.15, -0.1) is 11.8 Å². The third kappa shape index (κ3) is 4.37. The summed E-state index contributed by atoms with van der Waals surface area (Å²) in [5, 5.41) is 14.2. The van der Waals surface area contributed by atoms with E-state index in [1.807, 2.05) is 6.07 Å². The molecule has 2 rings (SSSR count). The maximum atomic E-state index is 11.9. The number of thioether (sulfide) groups is 1. The molecule has 1 N–H and O–H groups in total. The van der Waals surface area contributed by atoms with Crippen LogP contribution in [0.5, 0.6) is 0 Å². The van der Waals surface area contributed by atoms with E-state index in [0.717, 1.165) is 4.90 Å². The van der Waals surface area contributed by atoms with Crippen LogP contribution in [0.2, 0.25) is 10.0 Å². The number of hydrogen-bond donors (Lipinski definition) is 1. The van der Waals surface area contributed by atoms with Gasteiger partial charge in [0.1, 0.15) is 5.69 Å². The van der Waals surface area contributed by atoms with Crippen molar-refractivity contribution in [1.29, 1.82) is 0 Å². The van der Waals surface area contributed by atoms with E-state index in [2.05, 4.69) is 5.32 Å². The van der Waals surface area contributed by atoms with E-state index in [9.17, 15) is 14.9 Å². The van der Waals surface area contributed by atoms with Crippen LogP contribution >= 0.6 is 35.0 Å². The van der Waals surface area contributed by atoms with Crippen LogP contribution in [-0.2, 0) is 4.79 Å². The number of nitro benzene ring substituents is 1. The van der Waals surface area contributed by atoms with Gasteiger partial charge in [0.05, 0.1) is 15.7 Å². The number of nitro groups is 1. The normalized spacial score (nSPS) is 10.3. The van der Waals surface area contributed by atoms with Gasteiger partial charge < -0.3 is 5.32 Å². The zero-order chi connectivity index (χ0) is 16.1. The molecule has 22 heavy (non-hydrogen) atoms. The number of hydrogen-bond acceptors (Lipinski definition) is 4. The number of halogens is 2. The second-order valence-electron chi connectivity index (χ2n) is 4.19. The minimum atomic E-state index is -0.595. The van der Waals surface area contributed by atoms with Crippen LogP contribution in [0.4, 0.5) is 11.4 Å². The van der Waals surface area contributed by atoms with Crippen LogP contribution in [0.1, 0.15) is 0 Å². The molecule has 0 radical (unpaired) electrons. The zero-order valence-corrected chi connectivity index (χ0v) is 13.4. The van der Waals surface area contributed by atoms with Crippen LogP contribution < -0.4 is 5.32 Å². The van der Waals surface area contributed by atoms with Gasteiger partial charge in [-0.2, -0.15) is 0 Å². The molecule has 0 saturated carbocycles. The third-order valence-corrected chi connectivity index (χ3v) is 4.38. The van der Waals surface area contributed by atoms with Crippen LogP contribution in [-0.4, -0.2) is 16.6 Å². The first kappa shape index (κ1) is 16.6. The molecule has 0 unspecified atom stereocenters. The average Bonchev–Trinajstić information content (AvgIpc) is 2.48. The predicted octanol–water partition coefficient (Wildman–Crippen LogP) is 4.63. The first-order chi connectivity index (χ1) is 10.5. The number of benzene rings is 2. The number of rotatable bonds is 5. The van der Waals surface area contributed by atoms with Crippen molar-refractivity contribution in [1.82, 2.24) is 0 Å². The SMILES string of the molecule is O=C(CSc1ccccc1Cl)Nc1ccc(Cl)cc1[N+](=O)[O-]. The molecular formula is C14H10Cl2N2O3S. The average molecular weight is 357 g/mol. The fourth-order valence-corrected chi connectivity index (χ4v) is 2.86. The molecule has 0 spiro atoms. The van der Waals surface area contributed by atoms with E-state index < -0.39 is 4.92 Å². The van der Waals surface area contributed by atoms with Crippen molar-refractivity contribution >= 4 is 52.2 Å². The fourth-order valence-electron chi connectivity index (χ4n) is 1.65. The van der Waals surface area contributed by atoms with Crippen molar-refractivity contribution in [2.45, 2.75) is 4.90 Å². The van der Waals surface area contributed by atoms with E-state index in [4.69, 9.17) is 23.2 Å². The monoisotopic (exact) mass is 356 g/mol. The highest BCUT2D eigenvalue weighted by Crippen LogP contribution is 2.29.